The molecule has 1 amide bonds. The SMILES string of the molecule is CCNC(=O)C1CCCN(Cc2nc(-c3ccccc3Cl)no2)C1. The first-order valence-electron chi connectivity index (χ1n) is 8.25. The molecule has 2 aromatic rings. The number of rotatable bonds is 5. The van der Waals surface area contributed by atoms with E-state index in [9.17, 15) is 4.79 Å². The standard InChI is InChI=1S/C17H21ClN4O2/c1-2-19-17(23)12-6-5-9-22(10-12)11-15-20-16(21-24-15)13-7-3-4-8-14(13)18/h3-4,7-8,12H,2,5-6,9-11H2,1H3,(H,19,23). The Hall–Kier alpha value is -1.92. The molecule has 1 N–H and O–H groups in total. The highest BCUT2D eigenvalue weighted by Crippen LogP contribution is 2.25. The second kappa shape index (κ2) is 7.77. The van der Waals surface area contributed by atoms with Crippen molar-refractivity contribution < 1.29 is 9.32 Å². The van der Waals surface area contributed by atoms with Crippen LogP contribution in [0.15, 0.2) is 28.8 Å². The minimum Gasteiger partial charge on any atom is -0.356 e. The molecule has 1 unspecified atom stereocenters. The summed E-state index contributed by atoms with van der Waals surface area (Å²) in [5, 5.41) is 7.52. The number of hydrogen-bond donors (Lipinski definition) is 1. The van der Waals surface area contributed by atoms with Crippen LogP contribution in [0.1, 0.15) is 25.7 Å². The molecule has 2 heterocycles. The summed E-state index contributed by atoms with van der Waals surface area (Å²) in [6.07, 6.45) is 1.92. The summed E-state index contributed by atoms with van der Waals surface area (Å²) in [5.41, 5.74) is 0.757. The molecule has 0 aliphatic carbocycles. The summed E-state index contributed by atoms with van der Waals surface area (Å²) in [7, 11) is 0. The Morgan fingerprint density at radius 1 is 1.46 bits per heavy atom. The van der Waals surface area contributed by atoms with Gasteiger partial charge in [0, 0.05) is 18.7 Å². The first kappa shape index (κ1) is 16.9. The van der Waals surface area contributed by atoms with E-state index < -0.39 is 0 Å². The van der Waals surface area contributed by atoms with Gasteiger partial charge in [0.2, 0.25) is 17.6 Å². The zero-order chi connectivity index (χ0) is 16.9. The third-order valence-electron chi connectivity index (χ3n) is 4.17. The second-order valence-corrected chi connectivity index (χ2v) is 6.37. The van der Waals surface area contributed by atoms with Crippen LogP contribution >= 0.6 is 11.6 Å². The van der Waals surface area contributed by atoms with Crippen molar-refractivity contribution >= 4 is 17.5 Å². The van der Waals surface area contributed by atoms with Crippen molar-refractivity contribution in [3.63, 3.8) is 0 Å². The molecule has 3 rings (SSSR count). The monoisotopic (exact) mass is 348 g/mol. The molecule has 1 aliphatic heterocycles. The molecule has 1 fully saturated rings. The van der Waals surface area contributed by atoms with Gasteiger partial charge in [-0.3, -0.25) is 9.69 Å². The van der Waals surface area contributed by atoms with Gasteiger partial charge in [0.05, 0.1) is 17.5 Å². The van der Waals surface area contributed by atoms with Gasteiger partial charge in [-0.05, 0) is 38.4 Å². The van der Waals surface area contributed by atoms with Crippen LogP contribution in [-0.2, 0) is 11.3 Å². The van der Waals surface area contributed by atoms with E-state index in [1.807, 2.05) is 25.1 Å². The number of likely N-dealkylation sites (tertiary alicyclic amines) is 1. The van der Waals surface area contributed by atoms with E-state index in [2.05, 4.69) is 20.4 Å². The van der Waals surface area contributed by atoms with Gasteiger partial charge in [0.1, 0.15) is 0 Å². The molecular weight excluding hydrogens is 328 g/mol. The van der Waals surface area contributed by atoms with Crippen molar-refractivity contribution in [3.05, 3.63) is 35.2 Å². The number of nitrogens with one attached hydrogen (secondary N) is 1. The lowest BCUT2D eigenvalue weighted by Gasteiger charge is -2.30. The summed E-state index contributed by atoms with van der Waals surface area (Å²) in [5.74, 6) is 1.20. The summed E-state index contributed by atoms with van der Waals surface area (Å²) < 4.78 is 5.36. The summed E-state index contributed by atoms with van der Waals surface area (Å²) in [6, 6.07) is 7.42. The van der Waals surface area contributed by atoms with Crippen molar-refractivity contribution in [2.45, 2.75) is 26.3 Å². The third-order valence-corrected chi connectivity index (χ3v) is 4.50. The number of piperidine rings is 1. The van der Waals surface area contributed by atoms with Crippen LogP contribution in [0.2, 0.25) is 5.02 Å². The van der Waals surface area contributed by atoms with E-state index in [1.165, 1.54) is 0 Å². The zero-order valence-electron chi connectivity index (χ0n) is 13.7. The second-order valence-electron chi connectivity index (χ2n) is 5.96. The van der Waals surface area contributed by atoms with Gasteiger partial charge in [-0.1, -0.05) is 28.9 Å². The highest BCUT2D eigenvalue weighted by Gasteiger charge is 2.26. The first-order valence-corrected chi connectivity index (χ1v) is 8.62. The lowest BCUT2D eigenvalue weighted by molar-refractivity contribution is -0.126. The third kappa shape index (κ3) is 3.94. The fourth-order valence-corrected chi connectivity index (χ4v) is 3.21. The number of benzene rings is 1. The molecule has 0 radical (unpaired) electrons. The number of hydrogen-bond acceptors (Lipinski definition) is 5. The summed E-state index contributed by atoms with van der Waals surface area (Å²) in [6.45, 7) is 4.80. The van der Waals surface area contributed by atoms with E-state index in [0.29, 0.717) is 29.8 Å². The summed E-state index contributed by atoms with van der Waals surface area (Å²) in [4.78, 5) is 18.6. The van der Waals surface area contributed by atoms with Crippen molar-refractivity contribution in [1.82, 2.24) is 20.4 Å². The minimum absolute atomic E-state index is 0.0321. The first-order chi connectivity index (χ1) is 11.7. The van der Waals surface area contributed by atoms with E-state index in [-0.39, 0.29) is 11.8 Å². The smallest absolute Gasteiger partial charge is 0.241 e. The molecule has 1 saturated heterocycles. The molecule has 1 aromatic carbocycles. The normalized spacial score (nSPS) is 18.5. The van der Waals surface area contributed by atoms with E-state index in [4.69, 9.17) is 16.1 Å². The van der Waals surface area contributed by atoms with Crippen LogP contribution in [0, 0.1) is 5.92 Å². The molecule has 128 valence electrons. The maximum atomic E-state index is 12.0. The zero-order valence-corrected chi connectivity index (χ0v) is 14.4. The molecule has 24 heavy (non-hydrogen) atoms. The van der Waals surface area contributed by atoms with E-state index in [0.717, 1.165) is 31.5 Å². The molecule has 1 aromatic heterocycles. The van der Waals surface area contributed by atoms with Crippen molar-refractivity contribution in [2.24, 2.45) is 5.92 Å². The molecule has 0 bridgehead atoms. The van der Waals surface area contributed by atoms with Crippen LogP contribution in [-0.4, -0.2) is 40.6 Å². The van der Waals surface area contributed by atoms with Crippen LogP contribution in [0.5, 0.6) is 0 Å². The molecular formula is C17H21ClN4O2. The molecule has 1 aliphatic rings. The Morgan fingerprint density at radius 2 is 2.29 bits per heavy atom. The highest BCUT2D eigenvalue weighted by molar-refractivity contribution is 6.33. The van der Waals surface area contributed by atoms with Gasteiger partial charge in [0.15, 0.2) is 0 Å². The fraction of sp³-hybridized carbons (Fsp3) is 0.471. The highest BCUT2D eigenvalue weighted by atomic mass is 35.5. The van der Waals surface area contributed by atoms with Gasteiger partial charge in [0.25, 0.3) is 0 Å². The minimum atomic E-state index is 0.0321. The Labute approximate surface area is 146 Å². The summed E-state index contributed by atoms with van der Waals surface area (Å²) >= 11 is 6.17. The number of nitrogens with zero attached hydrogens (tertiary/aromatic N) is 3. The quantitative estimate of drug-likeness (QED) is 0.899. The Kier molecular flexibility index (Phi) is 5.48. The number of amides is 1. The number of halogens is 1. The fourth-order valence-electron chi connectivity index (χ4n) is 2.99. The predicted octanol–water partition coefficient (Wildman–Crippen LogP) is 2.74. The predicted molar refractivity (Wildman–Crippen MR) is 91.4 cm³/mol. The number of carbonyl (C=O) groups is 1. The lowest BCUT2D eigenvalue weighted by atomic mass is 9.97. The van der Waals surface area contributed by atoms with E-state index >= 15 is 0 Å². The van der Waals surface area contributed by atoms with Gasteiger partial charge in [-0.15, -0.1) is 0 Å². The topological polar surface area (TPSA) is 71.3 Å². The lowest BCUT2D eigenvalue weighted by Crippen LogP contribution is -2.42. The van der Waals surface area contributed by atoms with E-state index in [1.54, 1.807) is 6.07 Å². The molecule has 0 saturated carbocycles. The average molecular weight is 349 g/mol. The largest absolute Gasteiger partial charge is 0.356 e. The molecule has 7 heteroatoms. The van der Waals surface area contributed by atoms with Crippen molar-refractivity contribution in [1.29, 1.82) is 0 Å². The van der Waals surface area contributed by atoms with Crippen LogP contribution < -0.4 is 5.32 Å². The van der Waals surface area contributed by atoms with Crippen LogP contribution in [0.25, 0.3) is 11.4 Å². The molecule has 0 spiro atoms. The maximum Gasteiger partial charge on any atom is 0.241 e. The van der Waals surface area contributed by atoms with Crippen molar-refractivity contribution in [2.75, 3.05) is 19.6 Å². The molecule has 6 nitrogen and oxygen atoms in total. The maximum absolute atomic E-state index is 12.0. The Morgan fingerprint density at radius 3 is 3.08 bits per heavy atom. The number of carbonyl (C=O) groups excluding carboxylic acids is 1. The average Bonchev–Trinajstić information content (AvgIpc) is 3.04. The van der Waals surface area contributed by atoms with Gasteiger partial charge in [-0.25, -0.2) is 0 Å². The van der Waals surface area contributed by atoms with Crippen molar-refractivity contribution in [3.8, 4) is 11.4 Å². The van der Waals surface area contributed by atoms with Gasteiger partial charge >= 0.3 is 0 Å². The molecule has 1 atom stereocenters. The van der Waals surface area contributed by atoms with Crippen LogP contribution in [0.3, 0.4) is 0 Å². The Balaban J connectivity index is 1.64. The van der Waals surface area contributed by atoms with Crippen LogP contribution in [0.4, 0.5) is 0 Å². The Bertz CT molecular complexity index is 703. The van der Waals surface area contributed by atoms with Gasteiger partial charge < -0.3 is 9.84 Å². The van der Waals surface area contributed by atoms with Gasteiger partial charge in [-0.2, -0.15) is 4.98 Å². The number of aromatic nitrogens is 2.